The summed E-state index contributed by atoms with van der Waals surface area (Å²) in [5, 5.41) is 0. The molecule has 4 aliphatic rings. The van der Waals surface area contributed by atoms with Gasteiger partial charge in [-0.25, -0.2) is 9.18 Å². The Labute approximate surface area is 209 Å². The number of anilines is 1. The van der Waals surface area contributed by atoms with Gasteiger partial charge < -0.3 is 19.4 Å². The Balaban J connectivity index is 1.18. The maximum Gasteiger partial charge on any atom is 0.339 e. The van der Waals surface area contributed by atoms with Crippen LogP contribution in [0, 0.1) is 5.82 Å². The Morgan fingerprint density at radius 1 is 0.944 bits per heavy atom. The molecule has 1 unspecified atom stereocenters. The van der Waals surface area contributed by atoms with Crippen molar-refractivity contribution in [1.29, 1.82) is 0 Å². The van der Waals surface area contributed by atoms with Crippen LogP contribution >= 0.6 is 0 Å². The van der Waals surface area contributed by atoms with Gasteiger partial charge in [0.15, 0.2) is 5.60 Å². The molecule has 0 bridgehead atoms. The molecule has 7 nitrogen and oxygen atoms in total. The predicted molar refractivity (Wildman–Crippen MR) is 131 cm³/mol. The molecule has 6 rings (SSSR count). The maximum atomic E-state index is 15.5. The largest absolute Gasteiger partial charge is 0.449 e. The number of nitrogens with zero attached hydrogens (tertiary/aromatic N) is 3. The smallest absolute Gasteiger partial charge is 0.339 e. The van der Waals surface area contributed by atoms with Gasteiger partial charge in [0.25, 0.3) is 0 Å². The first-order valence-electron chi connectivity index (χ1n) is 12.8. The number of esters is 1. The minimum Gasteiger partial charge on any atom is -0.449 e. The summed E-state index contributed by atoms with van der Waals surface area (Å²) in [6, 6.07) is 12.5. The monoisotopic (exact) mass is 491 g/mol. The number of ether oxygens (including phenoxy) is 1. The van der Waals surface area contributed by atoms with Crippen LogP contribution in [0.15, 0.2) is 42.5 Å². The molecule has 3 aliphatic heterocycles. The van der Waals surface area contributed by atoms with Crippen molar-refractivity contribution in [3.05, 3.63) is 65.0 Å². The molecule has 2 aromatic rings. The Kier molecular flexibility index (Phi) is 5.32. The molecule has 1 spiro atoms. The molecule has 8 heteroatoms. The van der Waals surface area contributed by atoms with Gasteiger partial charge in [-0.1, -0.05) is 31.2 Å². The number of amides is 2. The third kappa shape index (κ3) is 3.49. The van der Waals surface area contributed by atoms with Crippen LogP contribution in [0.25, 0.3) is 0 Å². The van der Waals surface area contributed by atoms with E-state index in [-0.39, 0.29) is 23.6 Å². The number of halogens is 1. The number of carbonyl (C=O) groups is 3. The molecule has 36 heavy (non-hydrogen) atoms. The Morgan fingerprint density at radius 2 is 1.69 bits per heavy atom. The van der Waals surface area contributed by atoms with Gasteiger partial charge in [0.05, 0.1) is 17.5 Å². The lowest BCUT2D eigenvalue weighted by Crippen LogP contribution is -2.48. The van der Waals surface area contributed by atoms with E-state index in [2.05, 4.69) is 4.90 Å². The van der Waals surface area contributed by atoms with E-state index in [1.807, 2.05) is 36.1 Å². The van der Waals surface area contributed by atoms with Crippen LogP contribution in [-0.2, 0) is 25.3 Å². The third-order valence-corrected chi connectivity index (χ3v) is 8.37. The number of fused-ring (bicyclic) bond motifs is 2. The van der Waals surface area contributed by atoms with E-state index in [4.69, 9.17) is 4.74 Å². The van der Waals surface area contributed by atoms with Crippen molar-refractivity contribution in [3.8, 4) is 0 Å². The van der Waals surface area contributed by atoms with Crippen molar-refractivity contribution < 1.29 is 23.5 Å². The Morgan fingerprint density at radius 3 is 2.39 bits per heavy atom. The van der Waals surface area contributed by atoms with Gasteiger partial charge in [-0.2, -0.15) is 0 Å². The number of likely N-dealkylation sites (tertiary alicyclic amines) is 1. The predicted octanol–water partition coefficient (Wildman–Crippen LogP) is 3.21. The van der Waals surface area contributed by atoms with Crippen LogP contribution in [0.4, 0.5) is 10.1 Å². The molecule has 188 valence electrons. The van der Waals surface area contributed by atoms with Gasteiger partial charge in [-0.3, -0.25) is 9.59 Å². The van der Waals surface area contributed by atoms with E-state index < -0.39 is 11.0 Å². The minimum absolute atomic E-state index is 0.0850. The molecule has 3 heterocycles. The van der Waals surface area contributed by atoms with Crippen molar-refractivity contribution in [1.82, 2.24) is 9.80 Å². The zero-order chi connectivity index (χ0) is 25.1. The van der Waals surface area contributed by atoms with Gasteiger partial charge in [-0.15, -0.1) is 0 Å². The van der Waals surface area contributed by atoms with Gasteiger partial charge in [-0.05, 0) is 31.0 Å². The molecular weight excluding hydrogens is 461 g/mol. The van der Waals surface area contributed by atoms with Crippen molar-refractivity contribution in [2.75, 3.05) is 44.2 Å². The third-order valence-electron chi connectivity index (χ3n) is 8.37. The van der Waals surface area contributed by atoms with E-state index >= 15 is 4.39 Å². The molecule has 2 saturated heterocycles. The summed E-state index contributed by atoms with van der Waals surface area (Å²) in [5.41, 5.74) is 0.977. The molecule has 1 saturated carbocycles. The first-order chi connectivity index (χ1) is 17.4. The van der Waals surface area contributed by atoms with Gasteiger partial charge in [0.2, 0.25) is 11.8 Å². The SMILES string of the molecule is CCC(=O)N1CCN(c2ccc(C3(C(=O)N4CCC5(C4)OC(=O)c4ccccc45)CC3)c(F)c2)CC1. The Bertz CT molecular complexity index is 1250. The number of hydrogen-bond donors (Lipinski definition) is 0. The van der Waals surface area contributed by atoms with Crippen molar-refractivity contribution >= 4 is 23.5 Å². The topological polar surface area (TPSA) is 70.2 Å². The van der Waals surface area contributed by atoms with Crippen LogP contribution in [-0.4, -0.2) is 66.9 Å². The second-order valence-corrected chi connectivity index (χ2v) is 10.4. The van der Waals surface area contributed by atoms with E-state index in [9.17, 15) is 14.4 Å². The number of carbonyl (C=O) groups excluding carboxylic acids is 3. The molecule has 1 aliphatic carbocycles. The lowest BCUT2D eigenvalue weighted by Gasteiger charge is -2.36. The maximum absolute atomic E-state index is 15.5. The second-order valence-electron chi connectivity index (χ2n) is 10.4. The van der Waals surface area contributed by atoms with Crippen LogP contribution in [0.3, 0.4) is 0 Å². The standard InChI is InChI=1S/C28H30FN3O4/c1-2-24(33)31-15-13-30(14-16-31)19-7-8-22(23(29)17-19)27(9-10-27)26(35)32-12-11-28(18-32)21-6-4-3-5-20(21)25(34)36-28/h3-8,17H,2,9-16,18H2,1H3. The fourth-order valence-corrected chi connectivity index (χ4v) is 6.16. The summed E-state index contributed by atoms with van der Waals surface area (Å²) in [7, 11) is 0. The highest BCUT2D eigenvalue weighted by molar-refractivity contribution is 5.96. The fourth-order valence-electron chi connectivity index (χ4n) is 6.16. The van der Waals surface area contributed by atoms with Crippen LogP contribution in [0.2, 0.25) is 0 Å². The van der Waals surface area contributed by atoms with E-state index in [0.717, 1.165) is 11.3 Å². The lowest BCUT2D eigenvalue weighted by atomic mass is 9.91. The number of hydrogen-bond acceptors (Lipinski definition) is 5. The molecule has 2 aromatic carbocycles. The summed E-state index contributed by atoms with van der Waals surface area (Å²) in [5.74, 6) is -0.650. The van der Waals surface area contributed by atoms with Gasteiger partial charge in [0, 0.05) is 62.4 Å². The lowest BCUT2D eigenvalue weighted by molar-refractivity contribution is -0.134. The molecule has 2 amide bonds. The highest BCUT2D eigenvalue weighted by atomic mass is 19.1. The average Bonchev–Trinajstić information content (AvgIpc) is 3.52. The summed E-state index contributed by atoms with van der Waals surface area (Å²) in [6.07, 6.45) is 2.26. The van der Waals surface area contributed by atoms with Crippen molar-refractivity contribution in [2.24, 2.45) is 0 Å². The van der Waals surface area contributed by atoms with E-state index in [1.165, 1.54) is 6.07 Å². The van der Waals surface area contributed by atoms with E-state index in [1.54, 1.807) is 17.0 Å². The molecule has 0 N–H and O–H groups in total. The molecule has 0 aromatic heterocycles. The zero-order valence-electron chi connectivity index (χ0n) is 20.5. The molecule has 3 fully saturated rings. The number of rotatable bonds is 4. The number of benzene rings is 2. The summed E-state index contributed by atoms with van der Waals surface area (Å²) in [6.45, 7) is 5.21. The first kappa shape index (κ1) is 23.0. The highest BCUT2D eigenvalue weighted by Crippen LogP contribution is 2.53. The molecule has 1 atom stereocenters. The van der Waals surface area contributed by atoms with Gasteiger partial charge >= 0.3 is 5.97 Å². The fraction of sp³-hybridized carbons (Fsp3) is 0.464. The normalized spacial score (nSPS) is 24.2. The van der Waals surface area contributed by atoms with Crippen LogP contribution < -0.4 is 4.90 Å². The quantitative estimate of drug-likeness (QED) is 0.615. The summed E-state index contributed by atoms with van der Waals surface area (Å²) in [4.78, 5) is 43.7. The van der Waals surface area contributed by atoms with Crippen molar-refractivity contribution in [2.45, 2.75) is 43.6 Å². The van der Waals surface area contributed by atoms with Gasteiger partial charge in [0.1, 0.15) is 5.82 Å². The highest BCUT2D eigenvalue weighted by Gasteiger charge is 2.58. The zero-order valence-corrected chi connectivity index (χ0v) is 20.5. The number of piperazine rings is 1. The first-order valence-corrected chi connectivity index (χ1v) is 12.8. The second kappa shape index (κ2) is 8.32. The summed E-state index contributed by atoms with van der Waals surface area (Å²) >= 11 is 0. The van der Waals surface area contributed by atoms with E-state index in [0.29, 0.717) is 76.1 Å². The average molecular weight is 492 g/mol. The summed E-state index contributed by atoms with van der Waals surface area (Å²) < 4.78 is 21.3. The van der Waals surface area contributed by atoms with Crippen molar-refractivity contribution in [3.63, 3.8) is 0 Å². The Hall–Kier alpha value is -3.42. The molecule has 0 radical (unpaired) electrons. The minimum atomic E-state index is -0.845. The van der Waals surface area contributed by atoms with Crippen LogP contribution in [0.5, 0.6) is 0 Å². The van der Waals surface area contributed by atoms with Crippen LogP contribution in [0.1, 0.15) is 54.1 Å². The molecular formula is C28H30FN3O4.